The third kappa shape index (κ3) is 4.92. The van der Waals surface area contributed by atoms with Crippen molar-refractivity contribution in [3.05, 3.63) is 75.4 Å². The molecule has 0 unspecified atom stereocenters. The summed E-state index contributed by atoms with van der Waals surface area (Å²) < 4.78 is 2.21. The van der Waals surface area contributed by atoms with Crippen molar-refractivity contribution in [2.75, 3.05) is 25.9 Å². The number of rotatable bonds is 4. The summed E-state index contributed by atoms with van der Waals surface area (Å²) in [6, 6.07) is 7.98. The lowest BCUT2D eigenvalue weighted by Crippen LogP contribution is -2.31. The topological polar surface area (TPSA) is 89.1 Å². The Labute approximate surface area is 209 Å². The van der Waals surface area contributed by atoms with Gasteiger partial charge < -0.3 is 20.5 Å². The van der Waals surface area contributed by atoms with Gasteiger partial charge in [-0.3, -0.25) is 4.79 Å². The minimum absolute atomic E-state index is 0.115. The van der Waals surface area contributed by atoms with Crippen molar-refractivity contribution in [2.45, 2.75) is 32.4 Å². The summed E-state index contributed by atoms with van der Waals surface area (Å²) in [6.45, 7) is 4.60. The number of carbonyl (C=O) groups excluding carboxylic acids is 1. The molecule has 4 aromatic rings. The van der Waals surface area contributed by atoms with Crippen molar-refractivity contribution in [1.82, 2.24) is 24.8 Å². The Morgan fingerprint density at radius 1 is 1.20 bits per heavy atom. The quantitative estimate of drug-likeness (QED) is 0.428. The monoisotopic (exact) mass is 484 g/mol. The number of amides is 1. The average molecular weight is 485 g/mol. The van der Waals surface area contributed by atoms with Crippen molar-refractivity contribution in [3.8, 4) is 11.8 Å². The molecular weight excluding hydrogens is 456 g/mol. The number of carbonyl (C=O) groups is 1. The maximum absolute atomic E-state index is 12.7. The molecule has 0 radical (unpaired) electrons. The predicted molar refractivity (Wildman–Crippen MR) is 140 cm³/mol. The van der Waals surface area contributed by atoms with Gasteiger partial charge in [0.15, 0.2) is 0 Å². The van der Waals surface area contributed by atoms with Crippen LogP contribution in [0.5, 0.6) is 0 Å². The Kier molecular flexibility index (Phi) is 6.53. The number of anilines is 1. The van der Waals surface area contributed by atoms with Gasteiger partial charge in [0.1, 0.15) is 17.8 Å². The van der Waals surface area contributed by atoms with Crippen molar-refractivity contribution in [2.24, 2.45) is 0 Å². The Bertz CT molecular complexity index is 1420. The maximum atomic E-state index is 12.7. The first kappa shape index (κ1) is 23.1. The Balaban J connectivity index is 1.45. The summed E-state index contributed by atoms with van der Waals surface area (Å²) in [6.07, 6.45) is 5.69. The lowest BCUT2D eigenvalue weighted by atomic mass is 10.0. The molecule has 8 heteroatoms. The van der Waals surface area contributed by atoms with Crippen LogP contribution in [-0.2, 0) is 6.54 Å². The number of nitrogens with zero attached hydrogens (tertiary/aromatic N) is 4. The Morgan fingerprint density at radius 3 is 2.77 bits per heavy atom. The molecule has 0 atom stereocenters. The number of likely N-dealkylation sites (tertiary alicyclic amines) is 1. The van der Waals surface area contributed by atoms with Crippen LogP contribution in [0.3, 0.4) is 0 Å². The molecule has 1 amide bonds. The molecule has 3 N–H and O–H groups in total. The second-order valence-electron chi connectivity index (χ2n) is 9.04. The largest absolute Gasteiger partial charge is 0.383 e. The third-order valence-corrected chi connectivity index (χ3v) is 7.32. The van der Waals surface area contributed by atoms with Gasteiger partial charge in [0.2, 0.25) is 0 Å². The van der Waals surface area contributed by atoms with Crippen LogP contribution in [0.25, 0.3) is 11.0 Å². The zero-order valence-electron chi connectivity index (χ0n) is 19.9. The van der Waals surface area contributed by atoms with E-state index in [4.69, 9.17) is 5.73 Å². The van der Waals surface area contributed by atoms with Crippen LogP contribution in [0.1, 0.15) is 51.5 Å². The summed E-state index contributed by atoms with van der Waals surface area (Å²) in [7, 11) is 2.15. The normalized spacial score (nSPS) is 14.6. The third-order valence-electron chi connectivity index (χ3n) is 6.58. The molecule has 1 aliphatic rings. The highest BCUT2D eigenvalue weighted by Crippen LogP contribution is 2.30. The molecule has 1 aromatic carbocycles. The van der Waals surface area contributed by atoms with Gasteiger partial charge in [-0.1, -0.05) is 17.9 Å². The van der Waals surface area contributed by atoms with Gasteiger partial charge in [-0.05, 0) is 80.0 Å². The van der Waals surface area contributed by atoms with Gasteiger partial charge in [0, 0.05) is 29.9 Å². The van der Waals surface area contributed by atoms with Gasteiger partial charge in [-0.15, -0.1) is 0 Å². The summed E-state index contributed by atoms with van der Waals surface area (Å²) in [5, 5.41) is 7.80. The first-order valence-electron chi connectivity index (χ1n) is 11.7. The van der Waals surface area contributed by atoms with E-state index in [1.807, 2.05) is 41.9 Å². The molecule has 4 heterocycles. The SMILES string of the molecule is Cc1ccc(C(=O)NCc2ccsc2)cc1C#Cc1cn(C2CCN(C)CC2)c2ncnc(N)c12. The van der Waals surface area contributed by atoms with Crippen molar-refractivity contribution in [3.63, 3.8) is 0 Å². The van der Waals surface area contributed by atoms with Crippen molar-refractivity contribution in [1.29, 1.82) is 0 Å². The fourth-order valence-electron chi connectivity index (χ4n) is 4.46. The highest BCUT2D eigenvalue weighted by atomic mass is 32.1. The fourth-order valence-corrected chi connectivity index (χ4v) is 5.13. The molecule has 5 rings (SSSR count). The maximum Gasteiger partial charge on any atom is 0.251 e. The molecule has 1 fully saturated rings. The van der Waals surface area contributed by atoms with Gasteiger partial charge in [0.25, 0.3) is 5.91 Å². The highest BCUT2D eigenvalue weighted by molar-refractivity contribution is 7.07. The smallest absolute Gasteiger partial charge is 0.251 e. The lowest BCUT2D eigenvalue weighted by Gasteiger charge is -2.30. The summed E-state index contributed by atoms with van der Waals surface area (Å²) in [5.74, 6) is 6.90. The van der Waals surface area contributed by atoms with E-state index in [1.54, 1.807) is 11.3 Å². The molecule has 35 heavy (non-hydrogen) atoms. The van der Waals surface area contributed by atoms with E-state index < -0.39 is 0 Å². The van der Waals surface area contributed by atoms with Gasteiger partial charge >= 0.3 is 0 Å². The van der Waals surface area contributed by atoms with E-state index in [9.17, 15) is 4.79 Å². The molecule has 0 saturated carbocycles. The minimum atomic E-state index is -0.115. The molecule has 178 valence electrons. The second-order valence-corrected chi connectivity index (χ2v) is 9.82. The van der Waals surface area contributed by atoms with Crippen LogP contribution in [-0.4, -0.2) is 45.5 Å². The molecule has 0 spiro atoms. The van der Waals surface area contributed by atoms with E-state index in [0.29, 0.717) is 24.0 Å². The zero-order chi connectivity index (χ0) is 24.4. The van der Waals surface area contributed by atoms with Crippen molar-refractivity contribution >= 4 is 34.1 Å². The van der Waals surface area contributed by atoms with E-state index in [0.717, 1.165) is 59.2 Å². The van der Waals surface area contributed by atoms with E-state index in [2.05, 4.69) is 49.8 Å². The number of piperidine rings is 1. The van der Waals surface area contributed by atoms with E-state index in [-0.39, 0.29) is 5.91 Å². The molecule has 0 bridgehead atoms. The van der Waals surface area contributed by atoms with Crippen LogP contribution in [0.2, 0.25) is 0 Å². The van der Waals surface area contributed by atoms with Gasteiger partial charge in [0.05, 0.1) is 10.9 Å². The van der Waals surface area contributed by atoms with E-state index in [1.165, 1.54) is 6.33 Å². The molecule has 7 nitrogen and oxygen atoms in total. The molecule has 1 aliphatic heterocycles. The zero-order valence-corrected chi connectivity index (χ0v) is 20.7. The Morgan fingerprint density at radius 2 is 2.00 bits per heavy atom. The van der Waals surface area contributed by atoms with Crippen LogP contribution in [0.15, 0.2) is 47.5 Å². The van der Waals surface area contributed by atoms with Crippen LogP contribution in [0, 0.1) is 18.8 Å². The highest BCUT2D eigenvalue weighted by Gasteiger charge is 2.22. The molecule has 0 aliphatic carbocycles. The fraction of sp³-hybridized carbons (Fsp3) is 0.296. The predicted octanol–water partition coefficient (Wildman–Crippen LogP) is 3.98. The van der Waals surface area contributed by atoms with Crippen molar-refractivity contribution < 1.29 is 4.79 Å². The number of nitrogen functional groups attached to an aromatic ring is 1. The number of hydrogen-bond acceptors (Lipinski definition) is 6. The summed E-state index contributed by atoms with van der Waals surface area (Å²) in [5.41, 5.74) is 11.4. The minimum Gasteiger partial charge on any atom is -0.383 e. The van der Waals surface area contributed by atoms with Crippen LogP contribution >= 0.6 is 11.3 Å². The number of hydrogen-bond donors (Lipinski definition) is 2. The standard InChI is InChI=1S/C27H28N6OS/c1-18-3-4-21(27(34)29-14-19-9-12-35-16-19)13-20(18)5-6-22-15-33(23-7-10-32(2)11-8-23)26-24(22)25(28)30-17-31-26/h3-4,9,12-13,15-17,23H,7-8,10-11,14H2,1-2H3,(H,29,34)(H2,28,30,31). The molecule has 3 aromatic heterocycles. The van der Waals surface area contributed by atoms with Crippen LogP contribution < -0.4 is 11.1 Å². The summed E-state index contributed by atoms with van der Waals surface area (Å²) >= 11 is 1.62. The second kappa shape index (κ2) is 9.90. The first-order valence-corrected chi connectivity index (χ1v) is 12.7. The number of fused-ring (bicyclic) bond motifs is 1. The Hall–Kier alpha value is -3.67. The lowest BCUT2D eigenvalue weighted by molar-refractivity contribution is 0.0951. The number of aryl methyl sites for hydroxylation is 1. The first-order chi connectivity index (χ1) is 17.0. The van der Waals surface area contributed by atoms with E-state index >= 15 is 0 Å². The number of aromatic nitrogens is 3. The van der Waals surface area contributed by atoms with Gasteiger partial charge in [-0.25, -0.2) is 9.97 Å². The van der Waals surface area contributed by atoms with Crippen LogP contribution in [0.4, 0.5) is 5.82 Å². The number of nitrogens with one attached hydrogen (secondary N) is 1. The number of nitrogens with two attached hydrogens (primary N) is 1. The average Bonchev–Trinajstić information content (AvgIpc) is 3.51. The number of thiophene rings is 1. The van der Waals surface area contributed by atoms with Gasteiger partial charge in [-0.2, -0.15) is 11.3 Å². The molecular formula is C27H28N6OS. The molecule has 1 saturated heterocycles. The number of benzene rings is 1. The summed E-state index contributed by atoms with van der Waals surface area (Å²) in [4.78, 5) is 23.8.